The number of hydrogen-bond acceptors (Lipinski definition) is 11. The lowest BCUT2D eigenvalue weighted by atomic mass is 9.98. The number of nitrogens with zero attached hydrogens (tertiary/aromatic N) is 2. The molecule has 1 aliphatic carbocycles. The van der Waals surface area contributed by atoms with Crippen LogP contribution in [-0.2, 0) is 9.53 Å². The molecule has 6 rings (SSSR count). The van der Waals surface area contributed by atoms with Crippen molar-refractivity contribution in [2.24, 2.45) is 4.99 Å². The number of amides is 1. The van der Waals surface area contributed by atoms with Crippen LogP contribution in [0.5, 0.6) is 5.75 Å². The lowest BCUT2D eigenvalue weighted by Crippen LogP contribution is -2.27. The van der Waals surface area contributed by atoms with Crippen molar-refractivity contribution in [3.63, 3.8) is 0 Å². The average molecular weight is 868 g/mol. The Morgan fingerprint density at radius 3 is 1.76 bits per heavy atom. The number of alkyl carbamates (subject to hydrolysis) is 1. The number of phenolic OH excluding ortho intramolecular Hbond substituents is 1. The van der Waals surface area contributed by atoms with E-state index in [1.54, 1.807) is 0 Å². The summed E-state index contributed by atoms with van der Waals surface area (Å²) in [6.45, 7) is 0.964. The molecule has 0 radical (unpaired) electrons. The van der Waals surface area contributed by atoms with Gasteiger partial charge in [0.2, 0.25) is 5.75 Å². The van der Waals surface area contributed by atoms with Gasteiger partial charge in [-0.25, -0.2) is 19.2 Å². The number of nitro benzene ring substituents is 1. The fourth-order valence-electron chi connectivity index (χ4n) is 6.33. The monoisotopic (exact) mass is 867 g/mol. The highest BCUT2D eigenvalue weighted by Crippen LogP contribution is 2.44. The zero-order valence-corrected chi connectivity index (χ0v) is 34.2. The summed E-state index contributed by atoms with van der Waals surface area (Å²) >= 11 is 0.750. The molecular formula is C45H45N3O13S. The predicted molar refractivity (Wildman–Crippen MR) is 231 cm³/mol. The van der Waals surface area contributed by atoms with Gasteiger partial charge in [-0.2, -0.15) is 0 Å². The van der Waals surface area contributed by atoms with Crippen LogP contribution in [0.2, 0.25) is 0 Å². The maximum Gasteiger partial charge on any atom is 0.407 e. The Morgan fingerprint density at radius 1 is 0.694 bits per heavy atom. The van der Waals surface area contributed by atoms with Crippen LogP contribution in [0.3, 0.4) is 0 Å². The summed E-state index contributed by atoms with van der Waals surface area (Å²) in [6.07, 6.45) is 8.22. The highest BCUT2D eigenvalue weighted by Gasteiger charge is 2.29. The highest BCUT2D eigenvalue weighted by atomic mass is 32.1. The largest absolute Gasteiger partial charge is 0.502 e. The van der Waals surface area contributed by atoms with Gasteiger partial charge in [0, 0.05) is 36.7 Å². The number of benzene rings is 4. The molecule has 0 aliphatic heterocycles. The molecule has 5 aromatic rings. The number of nitro groups is 1. The Labute approximate surface area is 360 Å². The van der Waals surface area contributed by atoms with E-state index in [1.165, 1.54) is 83.1 Å². The normalized spacial score (nSPS) is 11.2. The fraction of sp³-hybridized carbons (Fsp3) is 0.244. The Morgan fingerprint density at radius 2 is 1.24 bits per heavy atom. The second-order valence-corrected chi connectivity index (χ2v) is 14.8. The second-order valence-electron chi connectivity index (χ2n) is 13.7. The molecule has 0 fully saturated rings. The Hall–Kier alpha value is -7.40. The minimum atomic E-state index is -1.09. The average Bonchev–Trinajstić information content (AvgIpc) is 3.88. The number of aliphatic imine (C=N–C) groups is 1. The molecule has 1 aromatic heterocycles. The standard InChI is InChI=1S/C25H31NO4.C14H10N2O5.C6H4O4S/c27-24(28)16-6-4-2-1-3-5-11-17-26-25(29)30-18-23-21-14-9-7-12-19(21)20-13-8-10-15-22(20)23;17-13-10(2-1-3-12(13)16(20)21)8-15-11-6-4-9(5-7-11)14(18)19;7-5(8)3-1-2-4(11-3)6(9)10/h7-10,12-15,23H,1-6,11,16-18H2,(H,26,29)(H,27,28);1-8,17H,(H,18,19);1-2H,(H,7,8)(H,9,10). The summed E-state index contributed by atoms with van der Waals surface area (Å²) < 4.78 is 5.53. The van der Waals surface area contributed by atoms with Gasteiger partial charge >= 0.3 is 35.7 Å². The molecule has 0 spiro atoms. The lowest BCUT2D eigenvalue weighted by Gasteiger charge is -2.14. The first-order valence-corrected chi connectivity index (χ1v) is 20.3. The first-order valence-electron chi connectivity index (χ1n) is 19.5. The van der Waals surface area contributed by atoms with Crippen molar-refractivity contribution in [3.8, 4) is 16.9 Å². The van der Waals surface area contributed by atoms with E-state index in [-0.39, 0.29) is 39.3 Å². The van der Waals surface area contributed by atoms with Gasteiger partial charge in [0.05, 0.1) is 16.2 Å². The molecule has 324 valence electrons. The van der Waals surface area contributed by atoms with E-state index in [2.05, 4.69) is 34.6 Å². The minimum Gasteiger partial charge on any atom is -0.502 e. The number of ether oxygens (including phenoxy) is 1. The first kappa shape index (κ1) is 47.3. The van der Waals surface area contributed by atoms with Crippen molar-refractivity contribution < 1.29 is 59.2 Å². The van der Waals surface area contributed by atoms with Gasteiger partial charge < -0.3 is 35.6 Å². The maximum atomic E-state index is 12.1. The van der Waals surface area contributed by atoms with Gasteiger partial charge in [-0.15, -0.1) is 11.3 Å². The third kappa shape index (κ3) is 14.4. The SMILES string of the molecule is O=C(O)CCCCCCCCCNC(=O)OCC1c2ccccc2-c2ccccc21.O=C(O)c1ccc(C(=O)O)s1.O=C(O)c1ccc(N=Cc2cccc([N+](=O)[O-])c2O)cc1. The quantitative estimate of drug-likeness (QED) is 0.0208. The number of thiophene rings is 1. The summed E-state index contributed by atoms with van der Waals surface area (Å²) in [4.78, 5) is 67.9. The van der Waals surface area contributed by atoms with Crippen molar-refractivity contribution in [3.05, 3.63) is 145 Å². The number of aliphatic carboxylic acids is 1. The number of unbranched alkanes of at least 4 members (excludes halogenated alkanes) is 6. The Bertz CT molecular complexity index is 2300. The molecule has 0 atom stereocenters. The van der Waals surface area contributed by atoms with E-state index >= 15 is 0 Å². The molecule has 4 aromatic carbocycles. The van der Waals surface area contributed by atoms with Crippen LogP contribution in [-0.4, -0.2) is 79.8 Å². The number of phenols is 1. The molecule has 0 saturated heterocycles. The predicted octanol–water partition coefficient (Wildman–Crippen LogP) is 9.62. The zero-order valence-electron chi connectivity index (χ0n) is 33.3. The van der Waals surface area contributed by atoms with Crippen LogP contribution in [0.15, 0.2) is 108 Å². The first-order chi connectivity index (χ1) is 29.8. The van der Waals surface area contributed by atoms with Crippen LogP contribution in [0.25, 0.3) is 11.1 Å². The van der Waals surface area contributed by atoms with Crippen molar-refractivity contribution in [1.29, 1.82) is 0 Å². The summed E-state index contributed by atoms with van der Waals surface area (Å²) in [7, 11) is 0. The highest BCUT2D eigenvalue weighted by molar-refractivity contribution is 7.15. The number of aromatic hydroxyl groups is 1. The molecule has 1 aliphatic rings. The topological polar surface area (TPSA) is 263 Å². The van der Waals surface area contributed by atoms with Crippen LogP contribution in [0, 0.1) is 10.1 Å². The van der Waals surface area contributed by atoms with Gasteiger partial charge in [-0.1, -0.05) is 86.7 Å². The van der Waals surface area contributed by atoms with Crippen molar-refractivity contribution >= 4 is 58.9 Å². The van der Waals surface area contributed by atoms with E-state index in [1.807, 2.05) is 24.3 Å². The number of carbonyl (C=O) groups is 5. The number of carbonyl (C=O) groups excluding carboxylic acids is 1. The van der Waals surface area contributed by atoms with Crippen LogP contribution in [0.4, 0.5) is 16.2 Å². The van der Waals surface area contributed by atoms with Gasteiger partial charge in [0.15, 0.2) is 0 Å². The Kier molecular flexibility index (Phi) is 18.3. The van der Waals surface area contributed by atoms with E-state index in [9.17, 15) is 39.2 Å². The van der Waals surface area contributed by atoms with E-state index in [4.69, 9.17) is 25.2 Å². The summed E-state index contributed by atoms with van der Waals surface area (Å²) in [6, 6.07) is 29.1. The van der Waals surface area contributed by atoms with Crippen molar-refractivity contribution in [1.82, 2.24) is 5.32 Å². The molecule has 6 N–H and O–H groups in total. The van der Waals surface area contributed by atoms with Gasteiger partial charge in [0.25, 0.3) is 0 Å². The molecular weight excluding hydrogens is 823 g/mol. The second kappa shape index (κ2) is 24.0. The van der Waals surface area contributed by atoms with Gasteiger partial charge in [0.1, 0.15) is 16.4 Å². The number of aromatic carboxylic acids is 3. The van der Waals surface area contributed by atoms with E-state index in [0.29, 0.717) is 18.8 Å². The summed E-state index contributed by atoms with van der Waals surface area (Å²) in [5.41, 5.74) is 5.28. The van der Waals surface area contributed by atoms with Crippen LogP contribution < -0.4 is 5.32 Å². The number of rotatable bonds is 18. The van der Waals surface area contributed by atoms with Gasteiger partial charge in [-0.3, -0.25) is 19.9 Å². The molecule has 0 saturated carbocycles. The Balaban J connectivity index is 0.000000228. The van der Waals surface area contributed by atoms with Crippen LogP contribution >= 0.6 is 11.3 Å². The summed E-state index contributed by atoms with van der Waals surface area (Å²) in [5, 5.41) is 57.5. The lowest BCUT2D eigenvalue weighted by molar-refractivity contribution is -0.385. The molecule has 17 heteroatoms. The smallest absolute Gasteiger partial charge is 0.407 e. The number of carboxylic acids is 4. The number of nitrogens with one attached hydrogen (secondary N) is 1. The molecule has 1 heterocycles. The molecule has 62 heavy (non-hydrogen) atoms. The van der Waals surface area contributed by atoms with Gasteiger partial charge in [-0.05, 0) is 77.6 Å². The van der Waals surface area contributed by atoms with E-state index in [0.717, 1.165) is 56.3 Å². The third-order valence-electron chi connectivity index (χ3n) is 9.42. The maximum absolute atomic E-state index is 12.1. The van der Waals surface area contributed by atoms with Crippen LogP contribution in [0.1, 0.15) is 104 Å². The van der Waals surface area contributed by atoms with E-state index < -0.39 is 40.2 Å². The van der Waals surface area contributed by atoms with Crippen molar-refractivity contribution in [2.75, 3.05) is 13.2 Å². The molecule has 0 bridgehead atoms. The number of fused-ring (bicyclic) bond motifs is 3. The number of para-hydroxylation sites is 1. The number of hydrogen-bond donors (Lipinski definition) is 6. The minimum absolute atomic E-state index is 0.0439. The van der Waals surface area contributed by atoms with Crippen molar-refractivity contribution in [2.45, 2.75) is 57.3 Å². The molecule has 1 amide bonds. The summed E-state index contributed by atoms with van der Waals surface area (Å²) in [5.74, 6) is -4.32. The number of carboxylic acid groups (broad SMARTS) is 4. The molecule has 0 unspecified atom stereocenters. The third-order valence-corrected chi connectivity index (χ3v) is 10.5. The zero-order chi connectivity index (χ0) is 45.0. The molecule has 16 nitrogen and oxygen atoms in total. The fourth-order valence-corrected chi connectivity index (χ4v) is 7.01.